The second-order valence-electron chi connectivity index (χ2n) is 8.14. The number of hydrogen-bond acceptors (Lipinski definition) is 7. The standard InChI is InChI=1S/C27H19ClN4O5S/c1-36-23-13-16(12-20(28)24(23)37-14-18-9-5-6-10-21(18)32(34)35)11-19-25(29)31-22(17-7-3-2-4-8-17)15-38-27(31)30-26(19)33/h2-13,15,29H,14H2,1H3. The van der Waals surface area contributed by atoms with Crippen molar-refractivity contribution in [1.82, 2.24) is 4.90 Å². The minimum Gasteiger partial charge on any atom is -0.493 e. The molecule has 0 saturated heterocycles. The molecular weight excluding hydrogens is 528 g/mol. The number of fused-ring (bicyclic) bond motifs is 1. The molecule has 2 heterocycles. The summed E-state index contributed by atoms with van der Waals surface area (Å²) < 4.78 is 11.3. The van der Waals surface area contributed by atoms with Crippen LogP contribution in [0, 0.1) is 15.5 Å². The molecular formula is C27H19ClN4O5S. The van der Waals surface area contributed by atoms with Gasteiger partial charge in [0.05, 0.1) is 33.9 Å². The molecule has 2 aliphatic rings. The third-order valence-corrected chi connectivity index (χ3v) is 6.91. The van der Waals surface area contributed by atoms with Gasteiger partial charge in [-0.25, -0.2) is 0 Å². The number of carbonyl (C=O) groups is 1. The lowest BCUT2D eigenvalue weighted by Crippen LogP contribution is -2.38. The quantitative estimate of drug-likeness (QED) is 0.215. The predicted molar refractivity (Wildman–Crippen MR) is 147 cm³/mol. The van der Waals surface area contributed by atoms with Gasteiger partial charge in [0.15, 0.2) is 16.7 Å². The number of benzene rings is 3. The van der Waals surface area contributed by atoms with Gasteiger partial charge in [0.25, 0.3) is 11.6 Å². The minimum absolute atomic E-state index is 0.00749. The first-order valence-electron chi connectivity index (χ1n) is 11.3. The highest BCUT2D eigenvalue weighted by Crippen LogP contribution is 2.40. The molecule has 0 radical (unpaired) electrons. The molecule has 3 aromatic rings. The number of para-hydroxylation sites is 1. The average Bonchev–Trinajstić information content (AvgIpc) is 3.34. The summed E-state index contributed by atoms with van der Waals surface area (Å²) in [6.07, 6.45) is 1.52. The van der Waals surface area contributed by atoms with Crippen molar-refractivity contribution in [3.63, 3.8) is 0 Å². The van der Waals surface area contributed by atoms with E-state index < -0.39 is 10.8 Å². The molecule has 1 amide bonds. The van der Waals surface area contributed by atoms with Crippen LogP contribution in [0.25, 0.3) is 11.8 Å². The fourth-order valence-electron chi connectivity index (χ4n) is 4.01. The fourth-order valence-corrected chi connectivity index (χ4v) is 5.17. The van der Waals surface area contributed by atoms with Gasteiger partial charge >= 0.3 is 0 Å². The number of methoxy groups -OCH3 is 1. The van der Waals surface area contributed by atoms with E-state index in [1.165, 1.54) is 31.0 Å². The molecule has 0 unspecified atom stereocenters. The number of rotatable bonds is 7. The largest absolute Gasteiger partial charge is 0.493 e. The molecule has 3 aromatic carbocycles. The monoisotopic (exact) mass is 546 g/mol. The molecule has 0 saturated carbocycles. The molecule has 1 N–H and O–H groups in total. The zero-order valence-electron chi connectivity index (χ0n) is 19.9. The van der Waals surface area contributed by atoms with Gasteiger partial charge in [0, 0.05) is 11.5 Å². The Bertz CT molecular complexity index is 1570. The van der Waals surface area contributed by atoms with E-state index in [1.54, 1.807) is 35.2 Å². The molecule has 190 valence electrons. The van der Waals surface area contributed by atoms with Crippen molar-refractivity contribution in [1.29, 1.82) is 5.41 Å². The molecule has 0 aliphatic carbocycles. The molecule has 11 heteroatoms. The van der Waals surface area contributed by atoms with Gasteiger partial charge in [0.2, 0.25) is 0 Å². The molecule has 0 atom stereocenters. The lowest BCUT2D eigenvalue weighted by atomic mass is 10.1. The SMILES string of the molecule is COc1cc(C=C2C(=N)N3C(c4ccccc4)=CSC3=NC2=O)cc(Cl)c1OCc1ccccc1[N+](=O)[O-]. The molecule has 5 rings (SSSR count). The molecule has 0 bridgehead atoms. The van der Waals surface area contributed by atoms with Crippen molar-refractivity contribution in [2.75, 3.05) is 7.11 Å². The van der Waals surface area contributed by atoms with Crippen molar-refractivity contribution in [3.8, 4) is 11.5 Å². The van der Waals surface area contributed by atoms with Crippen LogP contribution in [0.15, 0.2) is 82.7 Å². The highest BCUT2D eigenvalue weighted by molar-refractivity contribution is 8.17. The lowest BCUT2D eigenvalue weighted by molar-refractivity contribution is -0.385. The van der Waals surface area contributed by atoms with Crippen LogP contribution in [-0.4, -0.2) is 33.8 Å². The Morgan fingerprint density at radius 1 is 1.16 bits per heavy atom. The van der Waals surface area contributed by atoms with Crippen LogP contribution in [0.1, 0.15) is 16.7 Å². The van der Waals surface area contributed by atoms with E-state index in [4.69, 9.17) is 26.5 Å². The van der Waals surface area contributed by atoms with Gasteiger partial charge < -0.3 is 9.47 Å². The van der Waals surface area contributed by atoms with Crippen LogP contribution < -0.4 is 9.47 Å². The fraction of sp³-hybridized carbons (Fsp3) is 0.0741. The van der Waals surface area contributed by atoms with Crippen LogP contribution in [0.5, 0.6) is 11.5 Å². The number of nitrogens with zero attached hydrogens (tertiary/aromatic N) is 3. The Morgan fingerprint density at radius 2 is 1.89 bits per heavy atom. The smallest absolute Gasteiger partial charge is 0.283 e. The molecule has 0 spiro atoms. The number of thioether (sulfide) groups is 1. The number of amides is 1. The number of aliphatic imine (C=N–C) groups is 1. The summed E-state index contributed by atoms with van der Waals surface area (Å²) in [6, 6.07) is 19.0. The Balaban J connectivity index is 1.44. The van der Waals surface area contributed by atoms with Gasteiger partial charge in [-0.15, -0.1) is 0 Å². The third-order valence-electron chi connectivity index (χ3n) is 5.81. The van der Waals surface area contributed by atoms with Crippen LogP contribution in [0.4, 0.5) is 5.69 Å². The van der Waals surface area contributed by atoms with Crippen LogP contribution in [-0.2, 0) is 11.4 Å². The second kappa shape index (κ2) is 10.5. The number of carbonyl (C=O) groups excluding carboxylic acids is 1. The molecule has 9 nitrogen and oxygen atoms in total. The normalized spacial score (nSPS) is 15.7. The predicted octanol–water partition coefficient (Wildman–Crippen LogP) is 6.14. The molecule has 2 aliphatic heterocycles. The van der Waals surface area contributed by atoms with Crippen molar-refractivity contribution >= 4 is 57.7 Å². The molecule has 0 fully saturated rings. The van der Waals surface area contributed by atoms with Gasteiger partial charge in [0.1, 0.15) is 12.4 Å². The topological polar surface area (TPSA) is 118 Å². The van der Waals surface area contributed by atoms with E-state index in [2.05, 4.69) is 4.99 Å². The van der Waals surface area contributed by atoms with E-state index in [9.17, 15) is 14.9 Å². The van der Waals surface area contributed by atoms with Crippen molar-refractivity contribution in [3.05, 3.63) is 110 Å². The first-order chi connectivity index (χ1) is 18.4. The number of nitro benzene ring substituents is 1. The zero-order valence-corrected chi connectivity index (χ0v) is 21.5. The Hall–Kier alpha value is -4.41. The number of hydrogen-bond donors (Lipinski definition) is 1. The minimum atomic E-state index is -0.539. The van der Waals surface area contributed by atoms with Gasteiger partial charge in [-0.05, 0) is 35.4 Å². The third kappa shape index (κ3) is 4.79. The van der Waals surface area contributed by atoms with E-state index in [-0.39, 0.29) is 40.2 Å². The summed E-state index contributed by atoms with van der Waals surface area (Å²) in [5.74, 6) is -0.0799. The number of nitrogens with one attached hydrogen (secondary N) is 1. The van der Waals surface area contributed by atoms with Crippen LogP contribution in [0.2, 0.25) is 5.02 Å². The van der Waals surface area contributed by atoms with Crippen molar-refractivity contribution in [2.24, 2.45) is 4.99 Å². The maximum Gasteiger partial charge on any atom is 0.283 e. The second-order valence-corrected chi connectivity index (χ2v) is 9.38. The molecule has 38 heavy (non-hydrogen) atoms. The summed E-state index contributed by atoms with van der Waals surface area (Å²) >= 11 is 7.79. The van der Waals surface area contributed by atoms with Crippen molar-refractivity contribution in [2.45, 2.75) is 6.61 Å². The summed E-state index contributed by atoms with van der Waals surface area (Å²) in [5, 5.41) is 22.6. The number of nitro groups is 1. The van der Waals surface area contributed by atoms with E-state index >= 15 is 0 Å². The summed E-state index contributed by atoms with van der Waals surface area (Å²) in [4.78, 5) is 29.5. The van der Waals surface area contributed by atoms with Crippen LogP contribution >= 0.6 is 23.4 Å². The maximum absolute atomic E-state index is 12.8. The Morgan fingerprint density at radius 3 is 2.63 bits per heavy atom. The first kappa shape index (κ1) is 25.2. The number of amidine groups is 2. The van der Waals surface area contributed by atoms with Crippen LogP contribution in [0.3, 0.4) is 0 Å². The zero-order chi connectivity index (χ0) is 26.8. The molecule has 0 aromatic heterocycles. The van der Waals surface area contributed by atoms with Gasteiger partial charge in [-0.1, -0.05) is 65.8 Å². The van der Waals surface area contributed by atoms with E-state index in [0.717, 1.165) is 11.3 Å². The van der Waals surface area contributed by atoms with Gasteiger partial charge in [-0.2, -0.15) is 4.99 Å². The van der Waals surface area contributed by atoms with Crippen molar-refractivity contribution < 1.29 is 19.2 Å². The number of ether oxygens (including phenoxy) is 2. The summed E-state index contributed by atoms with van der Waals surface area (Å²) in [6.45, 7) is -0.102. The van der Waals surface area contributed by atoms with Gasteiger partial charge in [-0.3, -0.25) is 25.2 Å². The van der Waals surface area contributed by atoms with E-state index in [0.29, 0.717) is 16.3 Å². The first-order valence-corrected chi connectivity index (χ1v) is 12.5. The summed E-state index contributed by atoms with van der Waals surface area (Å²) in [5.41, 5.74) is 2.55. The van der Waals surface area contributed by atoms with E-state index in [1.807, 2.05) is 35.7 Å². The summed E-state index contributed by atoms with van der Waals surface area (Å²) in [7, 11) is 1.43. The number of halogens is 1. The Labute approximate surface area is 226 Å². The lowest BCUT2D eigenvalue weighted by Gasteiger charge is -2.27. The average molecular weight is 547 g/mol. The Kier molecular flexibility index (Phi) is 6.99. The highest BCUT2D eigenvalue weighted by Gasteiger charge is 2.36. The maximum atomic E-state index is 12.8. The highest BCUT2D eigenvalue weighted by atomic mass is 35.5.